The largest absolute Gasteiger partial charge is 0.346 e. The highest BCUT2D eigenvalue weighted by Gasteiger charge is 2.53. The van der Waals surface area contributed by atoms with E-state index < -0.39 is 5.72 Å². The Morgan fingerprint density at radius 1 is 0.800 bits per heavy atom. The average molecular weight is 418 g/mol. The summed E-state index contributed by atoms with van der Waals surface area (Å²) in [5.41, 5.74) is 3.16. The first-order valence-corrected chi connectivity index (χ1v) is 11.1. The molecule has 0 aromatic heterocycles. The summed E-state index contributed by atoms with van der Waals surface area (Å²) in [4.78, 5) is 2.15. The van der Waals surface area contributed by atoms with E-state index >= 15 is 0 Å². The molecular formula is C26H26ClN2O+. The summed E-state index contributed by atoms with van der Waals surface area (Å²) in [6.07, 6.45) is 4.54. The van der Waals surface area contributed by atoms with Gasteiger partial charge in [-0.3, -0.25) is 4.58 Å². The number of amidine groups is 1. The third-order valence-electron chi connectivity index (χ3n) is 6.27. The predicted molar refractivity (Wildman–Crippen MR) is 123 cm³/mol. The molecular weight excluding hydrogens is 392 g/mol. The number of hydrogen-bond acceptors (Lipinski definition) is 2. The molecule has 0 unspecified atom stereocenters. The molecule has 0 radical (unpaired) electrons. The minimum Gasteiger partial charge on any atom is -0.346 e. The van der Waals surface area contributed by atoms with E-state index in [0.29, 0.717) is 11.6 Å². The summed E-state index contributed by atoms with van der Waals surface area (Å²) in [6, 6.07) is 26.6. The van der Waals surface area contributed by atoms with Crippen molar-refractivity contribution in [2.24, 2.45) is 0 Å². The second-order valence-electron chi connectivity index (χ2n) is 8.22. The number of rotatable bonds is 3. The molecule has 4 heteroatoms. The Morgan fingerprint density at radius 3 is 2.23 bits per heavy atom. The summed E-state index contributed by atoms with van der Waals surface area (Å²) in [7, 11) is 0. The maximum atomic E-state index is 12.0. The van der Waals surface area contributed by atoms with Gasteiger partial charge in [0.05, 0.1) is 6.54 Å². The maximum Gasteiger partial charge on any atom is 0.275 e. The number of anilines is 1. The lowest BCUT2D eigenvalue weighted by Gasteiger charge is -2.29. The van der Waals surface area contributed by atoms with Crippen LogP contribution in [0.25, 0.3) is 11.1 Å². The van der Waals surface area contributed by atoms with Gasteiger partial charge in [0.15, 0.2) is 6.54 Å². The van der Waals surface area contributed by atoms with Crippen LogP contribution in [0.15, 0.2) is 78.9 Å². The zero-order chi connectivity index (χ0) is 20.6. The molecule has 3 nitrogen and oxygen atoms in total. The molecule has 1 N–H and O–H groups in total. The van der Waals surface area contributed by atoms with Gasteiger partial charge in [0.25, 0.3) is 11.6 Å². The van der Waals surface area contributed by atoms with Crippen LogP contribution >= 0.6 is 11.6 Å². The van der Waals surface area contributed by atoms with E-state index in [2.05, 4.69) is 58.0 Å². The molecule has 2 aliphatic heterocycles. The molecule has 0 amide bonds. The first-order chi connectivity index (χ1) is 14.6. The zero-order valence-corrected chi connectivity index (χ0v) is 17.7. The molecule has 3 aromatic rings. The molecule has 0 saturated carbocycles. The van der Waals surface area contributed by atoms with Gasteiger partial charge in [-0.2, -0.15) is 4.90 Å². The van der Waals surface area contributed by atoms with E-state index in [-0.39, 0.29) is 0 Å². The summed E-state index contributed by atoms with van der Waals surface area (Å²) in [6.45, 7) is 1.56. The maximum absolute atomic E-state index is 12.0. The molecule has 30 heavy (non-hydrogen) atoms. The summed E-state index contributed by atoms with van der Waals surface area (Å²) in [5.74, 6) is 1.22. The summed E-state index contributed by atoms with van der Waals surface area (Å²) in [5, 5.41) is 12.7. The quantitative estimate of drug-likeness (QED) is 0.557. The molecule has 0 fully saturated rings. The lowest BCUT2D eigenvalue weighted by atomic mass is 9.99. The van der Waals surface area contributed by atoms with Crippen LogP contribution in [-0.4, -0.2) is 28.6 Å². The van der Waals surface area contributed by atoms with Gasteiger partial charge in [-0.05, 0) is 54.7 Å². The van der Waals surface area contributed by atoms with Crippen LogP contribution in [0.5, 0.6) is 0 Å². The Bertz CT molecular complexity index is 1060. The van der Waals surface area contributed by atoms with E-state index in [4.69, 9.17) is 11.6 Å². The Balaban J connectivity index is 1.57. The van der Waals surface area contributed by atoms with E-state index in [0.717, 1.165) is 30.6 Å². The molecule has 152 valence electrons. The fourth-order valence-electron chi connectivity index (χ4n) is 4.76. The number of nitrogens with zero attached hydrogens (tertiary/aromatic N) is 2. The van der Waals surface area contributed by atoms with Gasteiger partial charge in [-0.1, -0.05) is 66.2 Å². The van der Waals surface area contributed by atoms with Crippen molar-refractivity contribution in [2.45, 2.75) is 31.4 Å². The first-order valence-electron chi connectivity index (χ1n) is 10.7. The fourth-order valence-corrected chi connectivity index (χ4v) is 4.88. The van der Waals surface area contributed by atoms with Gasteiger partial charge in [0, 0.05) is 17.0 Å². The fraction of sp³-hybridized carbons (Fsp3) is 0.269. The Labute approximate surface area is 182 Å². The standard InChI is InChI=1S/C26H26ClN2O/c27-23-14-12-22(13-15-23)26(30)19-28-18-6-2-5-9-25(28)29(26)24-16-10-21(11-17-24)20-7-3-1-4-8-20/h1,3-4,7-8,10-17,30H,2,5-6,9,18-19H2/q+1/t26-/m0/s1. The third kappa shape index (κ3) is 3.42. The van der Waals surface area contributed by atoms with Crippen LogP contribution in [0.2, 0.25) is 5.02 Å². The predicted octanol–water partition coefficient (Wildman–Crippen LogP) is 5.66. The van der Waals surface area contributed by atoms with Crippen molar-refractivity contribution < 1.29 is 9.68 Å². The first kappa shape index (κ1) is 19.3. The molecule has 3 aromatic carbocycles. The van der Waals surface area contributed by atoms with Crippen LogP contribution in [-0.2, 0) is 5.72 Å². The van der Waals surface area contributed by atoms with Gasteiger partial charge < -0.3 is 5.11 Å². The van der Waals surface area contributed by atoms with Gasteiger partial charge in [0.1, 0.15) is 5.69 Å². The Kier molecular flexibility index (Phi) is 5.10. The number of benzene rings is 3. The van der Waals surface area contributed by atoms with E-state index in [1.54, 1.807) is 0 Å². The summed E-state index contributed by atoms with van der Waals surface area (Å²) < 4.78 is 2.37. The smallest absolute Gasteiger partial charge is 0.275 e. The number of hydrogen-bond donors (Lipinski definition) is 1. The molecule has 0 saturated heterocycles. The van der Waals surface area contributed by atoms with Crippen LogP contribution in [0.4, 0.5) is 5.69 Å². The highest BCUT2D eigenvalue weighted by Crippen LogP contribution is 2.38. The average Bonchev–Trinajstić information content (AvgIpc) is 2.90. The van der Waals surface area contributed by atoms with Gasteiger partial charge in [-0.25, -0.2) is 0 Å². The molecule has 5 rings (SSSR count). The molecule has 0 bridgehead atoms. The van der Waals surface area contributed by atoms with Crippen molar-refractivity contribution in [3.05, 3.63) is 89.4 Å². The van der Waals surface area contributed by atoms with Crippen molar-refractivity contribution >= 4 is 23.1 Å². The van der Waals surface area contributed by atoms with E-state index in [1.807, 2.05) is 30.3 Å². The minimum absolute atomic E-state index is 0.574. The van der Waals surface area contributed by atoms with Crippen molar-refractivity contribution in [1.82, 2.24) is 0 Å². The van der Waals surface area contributed by atoms with Gasteiger partial charge in [-0.15, -0.1) is 0 Å². The highest BCUT2D eigenvalue weighted by atomic mass is 35.5. The molecule has 2 aliphatic rings. The highest BCUT2D eigenvalue weighted by molar-refractivity contribution is 6.30. The van der Waals surface area contributed by atoms with Crippen LogP contribution in [0.3, 0.4) is 0 Å². The van der Waals surface area contributed by atoms with E-state index in [1.165, 1.54) is 29.8 Å². The topological polar surface area (TPSA) is 26.5 Å². The molecule has 0 aliphatic carbocycles. The van der Waals surface area contributed by atoms with Crippen LogP contribution < -0.4 is 4.90 Å². The van der Waals surface area contributed by atoms with Crippen LogP contribution in [0, 0.1) is 0 Å². The number of halogens is 1. The minimum atomic E-state index is -1.11. The van der Waals surface area contributed by atoms with Crippen molar-refractivity contribution in [2.75, 3.05) is 18.0 Å². The van der Waals surface area contributed by atoms with Crippen molar-refractivity contribution in [3.8, 4) is 11.1 Å². The SMILES string of the molecule is O[C@]1(c2ccc(Cl)cc2)C[N+]2=C(CCCCC2)N1c1ccc(-c2ccccc2)cc1. The lowest BCUT2D eigenvalue weighted by Crippen LogP contribution is -2.47. The third-order valence-corrected chi connectivity index (χ3v) is 6.52. The molecule has 0 spiro atoms. The van der Waals surface area contributed by atoms with Crippen molar-refractivity contribution in [1.29, 1.82) is 0 Å². The normalized spacial score (nSPS) is 21.5. The molecule has 1 atom stereocenters. The number of aliphatic hydroxyl groups is 1. The lowest BCUT2D eigenvalue weighted by molar-refractivity contribution is -0.534. The van der Waals surface area contributed by atoms with Gasteiger partial charge in [0.2, 0.25) is 0 Å². The Morgan fingerprint density at radius 2 is 1.50 bits per heavy atom. The summed E-state index contributed by atoms with van der Waals surface area (Å²) >= 11 is 6.13. The van der Waals surface area contributed by atoms with E-state index in [9.17, 15) is 5.11 Å². The zero-order valence-electron chi connectivity index (χ0n) is 17.0. The monoisotopic (exact) mass is 417 g/mol. The second-order valence-corrected chi connectivity index (χ2v) is 8.66. The van der Waals surface area contributed by atoms with Crippen LogP contribution in [0.1, 0.15) is 31.2 Å². The van der Waals surface area contributed by atoms with Crippen molar-refractivity contribution in [3.63, 3.8) is 0 Å². The molecule has 2 heterocycles. The van der Waals surface area contributed by atoms with Gasteiger partial charge >= 0.3 is 0 Å². The Hall–Kier alpha value is -2.62. The second kappa shape index (κ2) is 7.90.